The molecule has 0 bridgehead atoms. The third-order valence-electron chi connectivity index (χ3n) is 5.52. The SMILES string of the molecule is CCOC(=O)[C@H](c1ccc(OC)c(OC)c1)[C@H]1C=C[C@@H](NC(=O)c2ccc(SC(F)(F)F)cc2)C1. The van der Waals surface area contributed by atoms with Gasteiger partial charge in [0.2, 0.25) is 0 Å². The molecule has 10 heteroatoms. The van der Waals surface area contributed by atoms with Crippen LogP contribution in [0.1, 0.15) is 35.2 Å². The van der Waals surface area contributed by atoms with E-state index < -0.39 is 17.3 Å². The van der Waals surface area contributed by atoms with Gasteiger partial charge in [-0.15, -0.1) is 0 Å². The first-order valence-electron chi connectivity index (χ1n) is 10.9. The topological polar surface area (TPSA) is 73.9 Å². The van der Waals surface area contributed by atoms with Crippen LogP contribution in [0.25, 0.3) is 0 Å². The molecule has 0 unspecified atom stereocenters. The van der Waals surface area contributed by atoms with Gasteiger partial charge in [-0.05, 0) is 73.0 Å². The number of allylic oxidation sites excluding steroid dienone is 1. The largest absolute Gasteiger partial charge is 0.493 e. The Labute approximate surface area is 205 Å². The van der Waals surface area contributed by atoms with Crippen molar-refractivity contribution in [2.75, 3.05) is 20.8 Å². The Balaban J connectivity index is 1.71. The smallest absolute Gasteiger partial charge is 0.446 e. The van der Waals surface area contributed by atoms with Crippen LogP contribution in [0.5, 0.6) is 11.5 Å². The molecule has 2 aromatic carbocycles. The van der Waals surface area contributed by atoms with E-state index in [2.05, 4.69) is 5.32 Å². The number of hydrogen-bond acceptors (Lipinski definition) is 6. The molecule has 0 aromatic heterocycles. The average Bonchev–Trinajstić information content (AvgIpc) is 3.26. The maximum atomic E-state index is 12.9. The van der Waals surface area contributed by atoms with E-state index in [1.807, 2.05) is 12.2 Å². The molecule has 0 aliphatic heterocycles. The van der Waals surface area contributed by atoms with Gasteiger partial charge in [-0.2, -0.15) is 13.2 Å². The van der Waals surface area contributed by atoms with E-state index in [0.717, 1.165) is 0 Å². The molecule has 1 aliphatic carbocycles. The summed E-state index contributed by atoms with van der Waals surface area (Å²) in [5, 5.41) is 2.86. The first kappa shape index (κ1) is 26.5. The highest BCUT2D eigenvalue weighted by Crippen LogP contribution is 2.39. The molecule has 0 heterocycles. The van der Waals surface area contributed by atoms with Crippen LogP contribution in [0.4, 0.5) is 13.2 Å². The molecule has 188 valence electrons. The minimum absolute atomic E-state index is 0.00192. The zero-order valence-electron chi connectivity index (χ0n) is 19.4. The van der Waals surface area contributed by atoms with Crippen molar-refractivity contribution in [3.8, 4) is 11.5 Å². The Hall–Kier alpha value is -3.14. The number of halogens is 3. The molecule has 0 fully saturated rings. The molecule has 0 radical (unpaired) electrons. The number of ether oxygens (including phenoxy) is 3. The summed E-state index contributed by atoms with van der Waals surface area (Å²) in [6.45, 7) is 1.96. The van der Waals surface area contributed by atoms with Crippen LogP contribution in [0.2, 0.25) is 0 Å². The molecule has 3 atom stereocenters. The van der Waals surface area contributed by atoms with Crippen molar-refractivity contribution in [1.82, 2.24) is 5.32 Å². The average molecular weight is 510 g/mol. The molecular formula is C25H26F3NO5S. The first-order chi connectivity index (χ1) is 16.6. The van der Waals surface area contributed by atoms with Crippen LogP contribution in [0.3, 0.4) is 0 Å². The summed E-state index contributed by atoms with van der Waals surface area (Å²) in [4.78, 5) is 25.5. The lowest BCUT2D eigenvalue weighted by Crippen LogP contribution is -2.33. The molecule has 0 saturated heterocycles. The van der Waals surface area contributed by atoms with Gasteiger partial charge >= 0.3 is 11.5 Å². The second-order valence-corrected chi connectivity index (χ2v) is 8.92. The van der Waals surface area contributed by atoms with Crippen molar-refractivity contribution in [3.05, 3.63) is 65.7 Å². The molecule has 1 aliphatic rings. The molecule has 35 heavy (non-hydrogen) atoms. The predicted molar refractivity (Wildman–Crippen MR) is 126 cm³/mol. The molecule has 6 nitrogen and oxygen atoms in total. The molecule has 0 saturated carbocycles. The lowest BCUT2D eigenvalue weighted by molar-refractivity contribution is -0.146. The quantitative estimate of drug-likeness (QED) is 0.280. The van der Waals surface area contributed by atoms with Gasteiger partial charge in [0.25, 0.3) is 5.91 Å². The van der Waals surface area contributed by atoms with Gasteiger partial charge in [-0.3, -0.25) is 9.59 Å². The highest BCUT2D eigenvalue weighted by atomic mass is 32.2. The molecule has 1 N–H and O–H groups in total. The molecular weight excluding hydrogens is 483 g/mol. The van der Waals surface area contributed by atoms with Crippen LogP contribution in [-0.4, -0.2) is 44.3 Å². The Bertz CT molecular complexity index is 1070. The fraction of sp³-hybridized carbons (Fsp3) is 0.360. The standard InChI is InChI=1S/C25H26F3NO5S/c1-4-34-24(31)22(17-8-12-20(32-2)21(14-17)33-3)16-5-9-18(13-16)29-23(30)15-6-10-19(11-7-15)35-25(26,27)28/h5-12,14,16,18,22H,4,13H2,1-3H3,(H,29,30)/t16-,18+,22-/m0/s1. The number of alkyl halides is 3. The third kappa shape index (κ3) is 6.94. The summed E-state index contributed by atoms with van der Waals surface area (Å²) in [5.41, 5.74) is -3.45. The number of thioether (sulfide) groups is 1. The number of hydrogen-bond donors (Lipinski definition) is 1. The van der Waals surface area contributed by atoms with Crippen molar-refractivity contribution in [1.29, 1.82) is 0 Å². The Kier molecular flexibility index (Phi) is 8.71. The molecule has 1 amide bonds. The Morgan fingerprint density at radius 2 is 1.74 bits per heavy atom. The van der Waals surface area contributed by atoms with E-state index in [1.165, 1.54) is 38.5 Å². The Morgan fingerprint density at radius 1 is 1.06 bits per heavy atom. The summed E-state index contributed by atoms with van der Waals surface area (Å²) >= 11 is -0.237. The number of carbonyl (C=O) groups excluding carboxylic acids is 2. The predicted octanol–water partition coefficient (Wildman–Crippen LogP) is 5.34. The van der Waals surface area contributed by atoms with Crippen molar-refractivity contribution in [2.24, 2.45) is 5.92 Å². The van der Waals surface area contributed by atoms with Crippen molar-refractivity contribution < 1.29 is 37.0 Å². The maximum absolute atomic E-state index is 12.9. The van der Waals surface area contributed by atoms with E-state index in [4.69, 9.17) is 14.2 Å². The molecule has 2 aromatic rings. The maximum Gasteiger partial charge on any atom is 0.446 e. The Morgan fingerprint density at radius 3 is 2.34 bits per heavy atom. The first-order valence-corrected chi connectivity index (χ1v) is 11.7. The zero-order chi connectivity index (χ0) is 25.6. The summed E-state index contributed by atoms with van der Waals surface area (Å²) in [6.07, 6.45) is 4.13. The number of methoxy groups -OCH3 is 2. The lowest BCUT2D eigenvalue weighted by Gasteiger charge is -2.23. The van der Waals surface area contributed by atoms with Crippen molar-refractivity contribution in [2.45, 2.75) is 35.7 Å². The summed E-state index contributed by atoms with van der Waals surface area (Å²) in [6, 6.07) is 10.1. The number of benzene rings is 2. The number of nitrogens with one attached hydrogen (secondary N) is 1. The van der Waals surface area contributed by atoms with Gasteiger partial charge in [0.1, 0.15) is 0 Å². The van der Waals surface area contributed by atoms with Gasteiger partial charge < -0.3 is 19.5 Å². The van der Waals surface area contributed by atoms with E-state index in [-0.39, 0.29) is 46.8 Å². The molecule has 0 spiro atoms. The van der Waals surface area contributed by atoms with Crippen LogP contribution in [-0.2, 0) is 9.53 Å². The van der Waals surface area contributed by atoms with E-state index in [9.17, 15) is 22.8 Å². The van der Waals surface area contributed by atoms with Gasteiger partial charge in [0.15, 0.2) is 11.5 Å². The van der Waals surface area contributed by atoms with Crippen LogP contribution in [0, 0.1) is 5.92 Å². The molecule has 3 rings (SSSR count). The minimum atomic E-state index is -4.39. The van der Waals surface area contributed by atoms with Crippen LogP contribution in [0.15, 0.2) is 59.5 Å². The minimum Gasteiger partial charge on any atom is -0.493 e. The number of amides is 1. The van der Waals surface area contributed by atoms with Gasteiger partial charge in [0, 0.05) is 16.5 Å². The van der Waals surface area contributed by atoms with Crippen LogP contribution >= 0.6 is 11.8 Å². The van der Waals surface area contributed by atoms with Gasteiger partial charge in [-0.25, -0.2) is 0 Å². The summed E-state index contributed by atoms with van der Waals surface area (Å²) in [7, 11) is 3.03. The third-order valence-corrected chi connectivity index (χ3v) is 6.26. The highest BCUT2D eigenvalue weighted by molar-refractivity contribution is 8.00. The summed E-state index contributed by atoms with van der Waals surface area (Å²) < 4.78 is 53.5. The van der Waals surface area contributed by atoms with E-state index >= 15 is 0 Å². The highest BCUT2D eigenvalue weighted by Gasteiger charge is 2.35. The second-order valence-electron chi connectivity index (χ2n) is 7.78. The summed E-state index contributed by atoms with van der Waals surface area (Å²) in [5.74, 6) is -0.653. The van der Waals surface area contributed by atoms with Crippen molar-refractivity contribution in [3.63, 3.8) is 0 Å². The van der Waals surface area contributed by atoms with E-state index in [0.29, 0.717) is 23.5 Å². The number of esters is 1. The fourth-order valence-electron chi connectivity index (χ4n) is 3.98. The van der Waals surface area contributed by atoms with E-state index in [1.54, 1.807) is 25.1 Å². The number of rotatable bonds is 9. The fourth-order valence-corrected chi connectivity index (χ4v) is 4.52. The van der Waals surface area contributed by atoms with Gasteiger partial charge in [0.05, 0.1) is 26.7 Å². The van der Waals surface area contributed by atoms with Crippen LogP contribution < -0.4 is 14.8 Å². The second kappa shape index (κ2) is 11.5. The lowest BCUT2D eigenvalue weighted by atomic mass is 9.85. The number of carbonyl (C=O) groups is 2. The zero-order valence-corrected chi connectivity index (χ0v) is 20.2. The van der Waals surface area contributed by atoms with Crippen molar-refractivity contribution >= 4 is 23.6 Å². The monoisotopic (exact) mass is 509 g/mol. The van der Waals surface area contributed by atoms with Gasteiger partial charge in [-0.1, -0.05) is 18.2 Å². The normalized spacial score (nSPS) is 18.1.